The molecule has 2 heteroatoms. The van der Waals surface area contributed by atoms with Gasteiger partial charge in [-0.3, -0.25) is 0 Å². The van der Waals surface area contributed by atoms with Gasteiger partial charge in [-0.1, -0.05) is 135 Å². The van der Waals surface area contributed by atoms with Crippen molar-refractivity contribution in [3.8, 4) is 33.4 Å². The first-order chi connectivity index (χ1) is 25.0. The Morgan fingerprint density at radius 3 is 1.92 bits per heavy atom. The summed E-state index contributed by atoms with van der Waals surface area (Å²) in [6, 6.07) is 63.8. The number of anilines is 3. The maximum atomic E-state index is 6.23. The summed E-state index contributed by atoms with van der Waals surface area (Å²) < 4.78 is 6.23. The van der Waals surface area contributed by atoms with Gasteiger partial charge in [0, 0.05) is 33.2 Å². The van der Waals surface area contributed by atoms with E-state index in [2.05, 4.69) is 183 Å². The monoisotopic (exact) mass is 653 g/mol. The third kappa shape index (κ3) is 4.71. The lowest BCUT2D eigenvalue weighted by atomic mass is 9.82. The van der Waals surface area contributed by atoms with Crippen LogP contribution >= 0.6 is 0 Å². The van der Waals surface area contributed by atoms with Crippen molar-refractivity contribution in [3.05, 3.63) is 187 Å². The number of hydrogen-bond donors (Lipinski definition) is 0. The minimum atomic E-state index is -0.0999. The van der Waals surface area contributed by atoms with Gasteiger partial charge in [-0.25, -0.2) is 0 Å². The van der Waals surface area contributed by atoms with Crippen LogP contribution in [0, 0.1) is 0 Å². The molecule has 2 nitrogen and oxygen atoms in total. The third-order valence-corrected chi connectivity index (χ3v) is 10.9. The zero-order chi connectivity index (χ0) is 34.1. The van der Waals surface area contributed by atoms with Gasteiger partial charge in [0.1, 0.15) is 11.2 Å². The molecular formula is C49H35NO. The second kappa shape index (κ2) is 11.3. The summed E-state index contributed by atoms with van der Waals surface area (Å²) >= 11 is 0. The van der Waals surface area contributed by atoms with Crippen LogP contribution in [0.15, 0.2) is 180 Å². The molecule has 0 fully saturated rings. The highest BCUT2D eigenvalue weighted by Gasteiger charge is 2.35. The number of nitrogens with zero attached hydrogens (tertiary/aromatic N) is 1. The average Bonchev–Trinajstić information content (AvgIpc) is 3.66. The molecule has 0 radical (unpaired) electrons. The van der Waals surface area contributed by atoms with Crippen molar-refractivity contribution in [2.45, 2.75) is 19.3 Å². The third-order valence-electron chi connectivity index (χ3n) is 10.9. The molecule has 1 aliphatic rings. The van der Waals surface area contributed by atoms with Crippen LogP contribution in [0.1, 0.15) is 25.0 Å². The second-order valence-electron chi connectivity index (χ2n) is 14.2. The number of benzene rings is 8. The molecule has 0 bridgehead atoms. The van der Waals surface area contributed by atoms with E-state index in [0.29, 0.717) is 0 Å². The Morgan fingerprint density at radius 2 is 1.02 bits per heavy atom. The van der Waals surface area contributed by atoms with Gasteiger partial charge in [-0.15, -0.1) is 0 Å². The van der Waals surface area contributed by atoms with Crippen LogP contribution in [0.3, 0.4) is 0 Å². The lowest BCUT2D eigenvalue weighted by molar-refractivity contribution is 0.660. The van der Waals surface area contributed by atoms with Crippen molar-refractivity contribution in [1.29, 1.82) is 0 Å². The highest BCUT2D eigenvalue weighted by atomic mass is 16.3. The molecule has 0 unspecified atom stereocenters. The van der Waals surface area contributed by atoms with Gasteiger partial charge in [0.15, 0.2) is 0 Å². The van der Waals surface area contributed by atoms with Gasteiger partial charge < -0.3 is 9.32 Å². The van der Waals surface area contributed by atoms with Crippen LogP contribution < -0.4 is 4.90 Å². The summed E-state index contributed by atoms with van der Waals surface area (Å²) in [5.74, 6) is 0. The molecule has 1 aromatic heterocycles. The summed E-state index contributed by atoms with van der Waals surface area (Å²) in [6.45, 7) is 4.69. The van der Waals surface area contributed by atoms with E-state index in [1.165, 1.54) is 55.3 Å². The molecule has 9 aromatic rings. The van der Waals surface area contributed by atoms with Crippen molar-refractivity contribution in [1.82, 2.24) is 0 Å². The van der Waals surface area contributed by atoms with Gasteiger partial charge >= 0.3 is 0 Å². The summed E-state index contributed by atoms with van der Waals surface area (Å²) in [5.41, 5.74) is 15.3. The largest absolute Gasteiger partial charge is 0.456 e. The van der Waals surface area contributed by atoms with E-state index in [4.69, 9.17) is 4.42 Å². The van der Waals surface area contributed by atoms with E-state index < -0.39 is 0 Å². The fourth-order valence-corrected chi connectivity index (χ4v) is 8.28. The van der Waals surface area contributed by atoms with Crippen molar-refractivity contribution in [2.24, 2.45) is 0 Å². The quantitative estimate of drug-likeness (QED) is 0.184. The van der Waals surface area contributed by atoms with Crippen molar-refractivity contribution >= 4 is 49.8 Å². The average molecular weight is 654 g/mol. The fourth-order valence-electron chi connectivity index (χ4n) is 8.28. The minimum absolute atomic E-state index is 0.0999. The molecule has 8 aromatic carbocycles. The molecule has 0 amide bonds. The molecule has 0 aliphatic heterocycles. The molecule has 0 atom stereocenters. The normalized spacial score (nSPS) is 13.1. The smallest absolute Gasteiger partial charge is 0.135 e. The maximum absolute atomic E-state index is 6.23. The molecule has 1 heterocycles. The van der Waals surface area contributed by atoms with Crippen molar-refractivity contribution < 1.29 is 4.42 Å². The predicted molar refractivity (Wildman–Crippen MR) is 214 cm³/mol. The van der Waals surface area contributed by atoms with E-state index in [0.717, 1.165) is 39.0 Å². The summed E-state index contributed by atoms with van der Waals surface area (Å²) in [5, 5.41) is 4.77. The number of hydrogen-bond acceptors (Lipinski definition) is 2. The van der Waals surface area contributed by atoms with E-state index >= 15 is 0 Å². The van der Waals surface area contributed by atoms with Crippen LogP contribution in [-0.2, 0) is 5.41 Å². The van der Waals surface area contributed by atoms with Gasteiger partial charge in [-0.05, 0) is 110 Å². The lowest BCUT2D eigenvalue weighted by Crippen LogP contribution is -2.16. The molecule has 1 aliphatic carbocycles. The Bertz CT molecular complexity index is 2780. The SMILES string of the molecule is CC1(C)c2ccccc2-c2ccc(N(c3ccc(-c4cccc(-c5cccc6ccccc56)c4)cc3)c3ccc4oc5ccccc5c4c3)cc21. The number of fused-ring (bicyclic) bond motifs is 7. The van der Waals surface area contributed by atoms with Gasteiger partial charge in [0.2, 0.25) is 0 Å². The Kier molecular flexibility index (Phi) is 6.56. The molecule has 0 saturated carbocycles. The van der Waals surface area contributed by atoms with Crippen LogP contribution in [0.25, 0.3) is 66.1 Å². The molecule has 10 rings (SSSR count). The molecule has 242 valence electrons. The standard InChI is InChI=1S/C49H35NO/c1-49(2)45-19-7-5-16-41(45)42-27-25-38(31-46(42)49)50(37-26-28-48-44(30-37)43-17-6-8-20-47(43)51-48)36-23-21-32(22-24-36)34-13-9-14-35(29-34)40-18-10-12-33-11-3-4-15-39(33)40/h3-31H,1-2H3. The minimum Gasteiger partial charge on any atom is -0.456 e. The Morgan fingerprint density at radius 1 is 0.392 bits per heavy atom. The van der Waals surface area contributed by atoms with Crippen molar-refractivity contribution in [2.75, 3.05) is 4.90 Å². The van der Waals surface area contributed by atoms with Crippen molar-refractivity contribution in [3.63, 3.8) is 0 Å². The Balaban J connectivity index is 1.09. The van der Waals surface area contributed by atoms with Crippen LogP contribution in [0.5, 0.6) is 0 Å². The number of rotatable bonds is 5. The second-order valence-corrected chi connectivity index (χ2v) is 14.2. The zero-order valence-electron chi connectivity index (χ0n) is 28.6. The summed E-state index contributed by atoms with van der Waals surface area (Å²) in [7, 11) is 0. The maximum Gasteiger partial charge on any atom is 0.135 e. The van der Waals surface area contributed by atoms with Crippen LogP contribution in [-0.4, -0.2) is 0 Å². The molecule has 0 saturated heterocycles. The zero-order valence-corrected chi connectivity index (χ0v) is 28.6. The van der Waals surface area contributed by atoms with E-state index in [9.17, 15) is 0 Å². The number of para-hydroxylation sites is 1. The van der Waals surface area contributed by atoms with Gasteiger partial charge in [0.25, 0.3) is 0 Å². The highest BCUT2D eigenvalue weighted by Crippen LogP contribution is 2.51. The first-order valence-corrected chi connectivity index (χ1v) is 17.7. The Hall–Kier alpha value is -6.38. The topological polar surface area (TPSA) is 16.4 Å². The van der Waals surface area contributed by atoms with Gasteiger partial charge in [0.05, 0.1) is 0 Å². The van der Waals surface area contributed by atoms with Crippen LogP contribution in [0.2, 0.25) is 0 Å². The molecular weight excluding hydrogens is 619 g/mol. The molecule has 0 N–H and O–H groups in total. The molecule has 0 spiro atoms. The fraction of sp³-hybridized carbons (Fsp3) is 0.0612. The molecule has 51 heavy (non-hydrogen) atoms. The number of furan rings is 1. The predicted octanol–water partition coefficient (Wildman–Crippen LogP) is 13.8. The van der Waals surface area contributed by atoms with Gasteiger partial charge in [-0.2, -0.15) is 0 Å². The first-order valence-electron chi connectivity index (χ1n) is 17.7. The first kappa shape index (κ1) is 29.5. The van der Waals surface area contributed by atoms with Crippen LogP contribution in [0.4, 0.5) is 17.1 Å². The van der Waals surface area contributed by atoms with E-state index in [-0.39, 0.29) is 5.41 Å². The lowest BCUT2D eigenvalue weighted by Gasteiger charge is -2.28. The summed E-state index contributed by atoms with van der Waals surface area (Å²) in [6.07, 6.45) is 0. The Labute approximate surface area is 297 Å². The van der Waals surface area contributed by atoms with E-state index in [1.807, 2.05) is 12.1 Å². The summed E-state index contributed by atoms with van der Waals surface area (Å²) in [4.78, 5) is 2.39. The highest BCUT2D eigenvalue weighted by molar-refractivity contribution is 6.06. The van der Waals surface area contributed by atoms with E-state index in [1.54, 1.807) is 0 Å².